The Balaban J connectivity index is 1.24. The number of rotatable bonds is 4. The third-order valence-corrected chi connectivity index (χ3v) is 9.97. The van der Waals surface area contributed by atoms with Crippen LogP contribution in [0.4, 0.5) is 0 Å². The number of fused-ring (bicyclic) bond motifs is 6. The Morgan fingerprint density at radius 3 is 1.81 bits per heavy atom. The van der Waals surface area contributed by atoms with Crippen molar-refractivity contribution >= 4 is 32.3 Å². The van der Waals surface area contributed by atoms with Crippen LogP contribution in [0.2, 0.25) is 0 Å². The van der Waals surface area contributed by atoms with Gasteiger partial charge in [0.1, 0.15) is 0 Å². The standard InChI is InChI=1S/C46H29N/c1-2-14-34(15-3-1)47-26-10-21-45(47)33-23-24-36(32-22-25-39-40-19-8-12-30-13-9-20-41(46(30)40)43(39)28-32)42(29-33)44-27-31-11-4-5-16-35(31)37-17-6-7-18-38(37)44/h1-29H. The van der Waals surface area contributed by atoms with Gasteiger partial charge in [-0.15, -0.1) is 0 Å². The molecule has 0 unspecified atom stereocenters. The van der Waals surface area contributed by atoms with Crippen molar-refractivity contribution in [1.82, 2.24) is 4.57 Å². The molecular formula is C46H29N. The maximum atomic E-state index is 2.42. The average molecular weight is 596 g/mol. The molecule has 0 N–H and O–H groups in total. The lowest BCUT2D eigenvalue weighted by molar-refractivity contribution is 1.09. The van der Waals surface area contributed by atoms with Gasteiger partial charge in [-0.3, -0.25) is 0 Å². The number of hydrogen-bond acceptors (Lipinski definition) is 0. The van der Waals surface area contributed by atoms with Crippen LogP contribution in [-0.4, -0.2) is 4.57 Å². The summed E-state index contributed by atoms with van der Waals surface area (Å²) in [5.74, 6) is 0. The SMILES string of the molecule is c1ccc(-n2cccc2-c2ccc(-c3ccc4c(c3)-c3cccc5cccc-4c35)c(-c3cc4ccccc4c4ccccc34)c2)cc1. The second-order valence-electron chi connectivity index (χ2n) is 12.5. The Hall–Kier alpha value is -6.18. The molecule has 47 heavy (non-hydrogen) atoms. The van der Waals surface area contributed by atoms with E-state index in [9.17, 15) is 0 Å². The highest BCUT2D eigenvalue weighted by atomic mass is 15.0. The summed E-state index contributed by atoms with van der Waals surface area (Å²) >= 11 is 0. The molecule has 218 valence electrons. The molecule has 0 fully saturated rings. The van der Waals surface area contributed by atoms with Crippen LogP contribution in [0.15, 0.2) is 176 Å². The molecule has 0 aliphatic heterocycles. The summed E-state index contributed by atoms with van der Waals surface area (Å²) in [5.41, 5.74) is 13.7. The zero-order valence-electron chi connectivity index (χ0n) is 25.7. The Bertz CT molecular complexity index is 2670. The summed E-state index contributed by atoms with van der Waals surface area (Å²) in [4.78, 5) is 0. The van der Waals surface area contributed by atoms with Crippen LogP contribution in [0.5, 0.6) is 0 Å². The van der Waals surface area contributed by atoms with Crippen LogP contribution in [0.1, 0.15) is 0 Å². The van der Waals surface area contributed by atoms with Crippen molar-refractivity contribution in [3.05, 3.63) is 176 Å². The largest absolute Gasteiger partial charge is 0.317 e. The predicted molar refractivity (Wildman–Crippen MR) is 199 cm³/mol. The van der Waals surface area contributed by atoms with Crippen LogP contribution in [0.25, 0.3) is 93.8 Å². The number of aromatic nitrogens is 1. The van der Waals surface area contributed by atoms with E-state index >= 15 is 0 Å². The average Bonchev–Trinajstić information content (AvgIpc) is 3.76. The Kier molecular flexibility index (Phi) is 5.64. The molecule has 1 aromatic heterocycles. The molecule has 1 heterocycles. The second-order valence-corrected chi connectivity index (χ2v) is 12.5. The number of hydrogen-bond donors (Lipinski definition) is 0. The van der Waals surface area contributed by atoms with E-state index < -0.39 is 0 Å². The fraction of sp³-hybridized carbons (Fsp3) is 0. The number of benzene rings is 8. The van der Waals surface area contributed by atoms with Gasteiger partial charge in [-0.1, -0.05) is 127 Å². The smallest absolute Gasteiger partial charge is 0.0528 e. The van der Waals surface area contributed by atoms with Gasteiger partial charge in [0.2, 0.25) is 0 Å². The van der Waals surface area contributed by atoms with Gasteiger partial charge < -0.3 is 4.57 Å². The highest BCUT2D eigenvalue weighted by Crippen LogP contribution is 2.49. The fourth-order valence-electron chi connectivity index (χ4n) is 7.84. The Morgan fingerprint density at radius 2 is 0.957 bits per heavy atom. The molecule has 0 saturated carbocycles. The highest BCUT2D eigenvalue weighted by Gasteiger charge is 2.23. The normalized spacial score (nSPS) is 11.8. The maximum absolute atomic E-state index is 2.42. The molecule has 0 atom stereocenters. The van der Waals surface area contributed by atoms with Crippen LogP contribution in [0, 0.1) is 0 Å². The third-order valence-electron chi connectivity index (χ3n) is 9.97. The third kappa shape index (κ3) is 3.97. The molecule has 0 saturated heterocycles. The number of para-hydroxylation sites is 1. The summed E-state index contributed by atoms with van der Waals surface area (Å²) in [6, 6.07) is 62.4. The Morgan fingerprint density at radius 1 is 0.319 bits per heavy atom. The summed E-state index contributed by atoms with van der Waals surface area (Å²) in [6.45, 7) is 0. The second kappa shape index (κ2) is 10.2. The van der Waals surface area contributed by atoms with Gasteiger partial charge in [-0.25, -0.2) is 0 Å². The molecule has 0 amide bonds. The first-order valence-electron chi connectivity index (χ1n) is 16.3. The first-order valence-corrected chi connectivity index (χ1v) is 16.3. The minimum atomic E-state index is 1.15. The molecule has 1 aliphatic rings. The van der Waals surface area contributed by atoms with E-state index in [1.165, 1.54) is 88.1 Å². The predicted octanol–water partition coefficient (Wildman–Crippen LogP) is 12.6. The van der Waals surface area contributed by atoms with Crippen molar-refractivity contribution in [3.8, 4) is 61.5 Å². The van der Waals surface area contributed by atoms with Gasteiger partial charge in [-0.05, 0) is 125 Å². The fourth-order valence-corrected chi connectivity index (χ4v) is 7.84. The maximum Gasteiger partial charge on any atom is 0.0528 e. The summed E-state index contributed by atoms with van der Waals surface area (Å²) in [6.07, 6.45) is 2.16. The van der Waals surface area contributed by atoms with E-state index in [0.29, 0.717) is 0 Å². The van der Waals surface area contributed by atoms with E-state index in [-0.39, 0.29) is 0 Å². The van der Waals surface area contributed by atoms with Crippen molar-refractivity contribution in [2.24, 2.45) is 0 Å². The van der Waals surface area contributed by atoms with Crippen LogP contribution >= 0.6 is 0 Å². The molecule has 1 heteroatoms. The van der Waals surface area contributed by atoms with Gasteiger partial charge in [0.25, 0.3) is 0 Å². The van der Waals surface area contributed by atoms with E-state index in [4.69, 9.17) is 0 Å². The summed E-state index contributed by atoms with van der Waals surface area (Å²) in [5, 5.41) is 7.74. The quantitative estimate of drug-likeness (QED) is 0.178. The van der Waals surface area contributed by atoms with Gasteiger partial charge in [0.05, 0.1) is 5.69 Å². The van der Waals surface area contributed by atoms with E-state index in [1.54, 1.807) is 0 Å². The van der Waals surface area contributed by atoms with Crippen molar-refractivity contribution in [2.75, 3.05) is 0 Å². The monoisotopic (exact) mass is 595 g/mol. The molecule has 1 nitrogen and oxygen atoms in total. The van der Waals surface area contributed by atoms with Crippen LogP contribution in [0.3, 0.4) is 0 Å². The molecule has 0 radical (unpaired) electrons. The number of nitrogens with zero attached hydrogens (tertiary/aromatic N) is 1. The molecule has 10 rings (SSSR count). The van der Waals surface area contributed by atoms with Crippen molar-refractivity contribution in [1.29, 1.82) is 0 Å². The highest BCUT2D eigenvalue weighted by molar-refractivity contribution is 6.17. The van der Waals surface area contributed by atoms with Crippen molar-refractivity contribution < 1.29 is 0 Å². The van der Waals surface area contributed by atoms with E-state index in [2.05, 4.69) is 181 Å². The van der Waals surface area contributed by atoms with E-state index in [1.807, 2.05) is 0 Å². The van der Waals surface area contributed by atoms with Gasteiger partial charge in [-0.2, -0.15) is 0 Å². The molecule has 9 aromatic rings. The molecular weight excluding hydrogens is 567 g/mol. The molecule has 0 spiro atoms. The zero-order chi connectivity index (χ0) is 30.9. The minimum absolute atomic E-state index is 1.15. The lowest BCUT2D eigenvalue weighted by Gasteiger charge is -2.18. The van der Waals surface area contributed by atoms with Crippen molar-refractivity contribution in [2.45, 2.75) is 0 Å². The van der Waals surface area contributed by atoms with Crippen LogP contribution < -0.4 is 0 Å². The lowest BCUT2D eigenvalue weighted by atomic mass is 9.86. The summed E-state index contributed by atoms with van der Waals surface area (Å²) < 4.78 is 2.28. The van der Waals surface area contributed by atoms with Gasteiger partial charge in [0, 0.05) is 11.9 Å². The minimum Gasteiger partial charge on any atom is -0.317 e. The topological polar surface area (TPSA) is 4.93 Å². The van der Waals surface area contributed by atoms with Gasteiger partial charge in [0.15, 0.2) is 0 Å². The zero-order valence-corrected chi connectivity index (χ0v) is 25.7. The molecule has 8 aromatic carbocycles. The van der Waals surface area contributed by atoms with Gasteiger partial charge >= 0.3 is 0 Å². The lowest BCUT2D eigenvalue weighted by Crippen LogP contribution is -1.96. The first-order chi connectivity index (χ1) is 23.3. The molecule has 0 bridgehead atoms. The van der Waals surface area contributed by atoms with E-state index in [0.717, 1.165) is 5.69 Å². The summed E-state index contributed by atoms with van der Waals surface area (Å²) in [7, 11) is 0. The van der Waals surface area contributed by atoms with Crippen molar-refractivity contribution in [3.63, 3.8) is 0 Å². The first kappa shape index (κ1) is 26.1. The Labute approximate surface area is 273 Å². The molecule has 1 aliphatic carbocycles. The van der Waals surface area contributed by atoms with Crippen LogP contribution in [-0.2, 0) is 0 Å².